The van der Waals surface area contributed by atoms with Gasteiger partial charge in [0.15, 0.2) is 0 Å². The smallest absolute Gasteiger partial charge is 0.0710 e. The van der Waals surface area contributed by atoms with Crippen LogP contribution in [0.4, 0.5) is 0 Å². The number of benzene rings is 1. The van der Waals surface area contributed by atoms with Gasteiger partial charge in [-0.25, -0.2) is 0 Å². The summed E-state index contributed by atoms with van der Waals surface area (Å²) in [6, 6.07) is 6.60. The first kappa shape index (κ1) is 12.1. The van der Waals surface area contributed by atoms with E-state index in [0.717, 1.165) is 26.1 Å². The average molecular weight is 284 g/mol. The first-order valence-corrected chi connectivity index (χ1v) is 6.48. The molecule has 1 aliphatic heterocycles. The molecular formula is C13H18BrNO. The molecule has 16 heavy (non-hydrogen) atoms. The van der Waals surface area contributed by atoms with Gasteiger partial charge >= 0.3 is 0 Å². The molecule has 1 atom stereocenters. The zero-order valence-electron chi connectivity index (χ0n) is 9.87. The Hall–Kier alpha value is -0.380. The van der Waals surface area contributed by atoms with Gasteiger partial charge < -0.3 is 4.74 Å². The van der Waals surface area contributed by atoms with E-state index in [4.69, 9.17) is 4.74 Å². The Morgan fingerprint density at radius 2 is 2.31 bits per heavy atom. The van der Waals surface area contributed by atoms with Crippen LogP contribution in [0.15, 0.2) is 22.7 Å². The molecule has 88 valence electrons. The van der Waals surface area contributed by atoms with Crippen molar-refractivity contribution in [3.8, 4) is 0 Å². The maximum absolute atomic E-state index is 5.37. The van der Waals surface area contributed by atoms with Crippen molar-refractivity contribution in [1.82, 2.24) is 4.90 Å². The summed E-state index contributed by atoms with van der Waals surface area (Å²) in [6.45, 7) is 5.34. The third-order valence-electron chi connectivity index (χ3n) is 3.20. The minimum atomic E-state index is 0.425. The number of aryl methyl sites for hydroxylation is 1. The molecule has 1 aromatic carbocycles. The van der Waals surface area contributed by atoms with Crippen LogP contribution < -0.4 is 0 Å². The van der Waals surface area contributed by atoms with Crippen LogP contribution in [-0.2, 0) is 11.3 Å². The summed E-state index contributed by atoms with van der Waals surface area (Å²) in [4.78, 5) is 2.45. The predicted octanol–water partition coefficient (Wildman–Crippen LogP) is 2.98. The second-order valence-electron chi connectivity index (χ2n) is 4.47. The third kappa shape index (κ3) is 2.84. The molecule has 1 saturated heterocycles. The van der Waals surface area contributed by atoms with Crippen molar-refractivity contribution in [2.75, 3.05) is 20.2 Å². The molecule has 0 bridgehead atoms. The predicted molar refractivity (Wildman–Crippen MR) is 69.6 cm³/mol. The second-order valence-corrected chi connectivity index (χ2v) is 5.32. The number of ether oxygens (including phenoxy) is 1. The summed E-state index contributed by atoms with van der Waals surface area (Å²) in [6.07, 6.45) is 1.58. The number of rotatable bonds is 3. The van der Waals surface area contributed by atoms with Crippen molar-refractivity contribution in [2.24, 2.45) is 0 Å². The highest BCUT2D eigenvalue weighted by atomic mass is 79.9. The minimum Gasteiger partial charge on any atom is -0.380 e. The van der Waals surface area contributed by atoms with Crippen LogP contribution in [0.3, 0.4) is 0 Å². The molecule has 0 N–H and O–H groups in total. The van der Waals surface area contributed by atoms with Gasteiger partial charge in [0.1, 0.15) is 0 Å². The van der Waals surface area contributed by atoms with Crippen LogP contribution in [-0.4, -0.2) is 31.2 Å². The Kier molecular flexibility index (Phi) is 4.00. The molecule has 1 fully saturated rings. The van der Waals surface area contributed by atoms with E-state index in [1.165, 1.54) is 15.6 Å². The van der Waals surface area contributed by atoms with Gasteiger partial charge in [-0.15, -0.1) is 0 Å². The summed E-state index contributed by atoms with van der Waals surface area (Å²) >= 11 is 3.58. The van der Waals surface area contributed by atoms with Crippen LogP contribution in [0.5, 0.6) is 0 Å². The molecular weight excluding hydrogens is 266 g/mol. The van der Waals surface area contributed by atoms with E-state index in [1.807, 2.05) is 0 Å². The summed E-state index contributed by atoms with van der Waals surface area (Å²) in [7, 11) is 1.80. The van der Waals surface area contributed by atoms with Crippen LogP contribution in [0.1, 0.15) is 17.5 Å². The summed E-state index contributed by atoms with van der Waals surface area (Å²) in [5.41, 5.74) is 2.66. The average Bonchev–Trinajstić information content (AvgIpc) is 2.71. The fourth-order valence-electron chi connectivity index (χ4n) is 2.13. The first-order valence-electron chi connectivity index (χ1n) is 5.69. The van der Waals surface area contributed by atoms with Gasteiger partial charge in [0.2, 0.25) is 0 Å². The summed E-state index contributed by atoms with van der Waals surface area (Å²) in [5, 5.41) is 0. The molecule has 0 aromatic heterocycles. The molecule has 2 nitrogen and oxygen atoms in total. The maximum Gasteiger partial charge on any atom is 0.0710 e. The highest BCUT2D eigenvalue weighted by Crippen LogP contribution is 2.20. The van der Waals surface area contributed by atoms with Gasteiger partial charge in [0.25, 0.3) is 0 Å². The largest absolute Gasteiger partial charge is 0.380 e. The Balaban J connectivity index is 1.97. The topological polar surface area (TPSA) is 12.5 Å². The number of likely N-dealkylation sites (tertiary alicyclic amines) is 1. The SMILES string of the molecule is COC1CCN(Cc2ccc(C)c(Br)c2)C1. The van der Waals surface area contributed by atoms with Crippen molar-refractivity contribution in [2.45, 2.75) is 26.0 Å². The van der Waals surface area contributed by atoms with E-state index in [2.05, 4.69) is 46.0 Å². The zero-order chi connectivity index (χ0) is 11.5. The van der Waals surface area contributed by atoms with E-state index in [0.29, 0.717) is 6.10 Å². The molecule has 2 rings (SSSR count). The highest BCUT2D eigenvalue weighted by molar-refractivity contribution is 9.10. The zero-order valence-corrected chi connectivity index (χ0v) is 11.5. The lowest BCUT2D eigenvalue weighted by molar-refractivity contribution is 0.107. The van der Waals surface area contributed by atoms with E-state index in [1.54, 1.807) is 7.11 Å². The van der Waals surface area contributed by atoms with Crippen molar-refractivity contribution < 1.29 is 4.74 Å². The van der Waals surface area contributed by atoms with Gasteiger partial charge in [-0.2, -0.15) is 0 Å². The van der Waals surface area contributed by atoms with Gasteiger partial charge in [-0.05, 0) is 30.5 Å². The van der Waals surface area contributed by atoms with E-state index in [9.17, 15) is 0 Å². The standard InChI is InChI=1S/C13H18BrNO/c1-10-3-4-11(7-13(10)14)8-15-6-5-12(9-15)16-2/h3-4,7,12H,5-6,8-9H2,1-2H3. The van der Waals surface area contributed by atoms with Crippen molar-refractivity contribution in [3.63, 3.8) is 0 Å². The quantitative estimate of drug-likeness (QED) is 0.846. The van der Waals surface area contributed by atoms with Crippen molar-refractivity contribution >= 4 is 15.9 Å². The van der Waals surface area contributed by atoms with Crippen LogP contribution in [0.2, 0.25) is 0 Å². The van der Waals surface area contributed by atoms with Crippen LogP contribution in [0.25, 0.3) is 0 Å². The monoisotopic (exact) mass is 283 g/mol. The lowest BCUT2D eigenvalue weighted by Gasteiger charge is -2.16. The lowest BCUT2D eigenvalue weighted by atomic mass is 10.1. The number of methoxy groups -OCH3 is 1. The Labute approximate surface area is 106 Å². The fourth-order valence-corrected chi connectivity index (χ4v) is 2.55. The molecule has 1 heterocycles. The highest BCUT2D eigenvalue weighted by Gasteiger charge is 2.21. The number of hydrogen-bond acceptors (Lipinski definition) is 2. The van der Waals surface area contributed by atoms with E-state index in [-0.39, 0.29) is 0 Å². The Bertz CT molecular complexity index is 367. The normalized spacial score (nSPS) is 21.6. The molecule has 1 unspecified atom stereocenters. The third-order valence-corrected chi connectivity index (χ3v) is 4.06. The van der Waals surface area contributed by atoms with Gasteiger partial charge in [0.05, 0.1) is 6.10 Å². The number of hydrogen-bond donors (Lipinski definition) is 0. The second kappa shape index (κ2) is 5.30. The van der Waals surface area contributed by atoms with Gasteiger partial charge in [-0.3, -0.25) is 4.90 Å². The molecule has 0 amide bonds. The molecule has 0 radical (unpaired) electrons. The fraction of sp³-hybridized carbons (Fsp3) is 0.538. The summed E-state index contributed by atoms with van der Waals surface area (Å²) in [5.74, 6) is 0. The Morgan fingerprint density at radius 3 is 2.94 bits per heavy atom. The first-order chi connectivity index (χ1) is 7.69. The molecule has 1 aliphatic rings. The summed E-state index contributed by atoms with van der Waals surface area (Å²) < 4.78 is 6.57. The number of nitrogens with zero attached hydrogens (tertiary/aromatic N) is 1. The lowest BCUT2D eigenvalue weighted by Crippen LogP contribution is -2.22. The maximum atomic E-state index is 5.37. The number of halogens is 1. The molecule has 0 aliphatic carbocycles. The van der Waals surface area contributed by atoms with Crippen molar-refractivity contribution in [3.05, 3.63) is 33.8 Å². The molecule has 0 saturated carbocycles. The van der Waals surface area contributed by atoms with Gasteiger partial charge in [-0.1, -0.05) is 28.1 Å². The van der Waals surface area contributed by atoms with Gasteiger partial charge in [0, 0.05) is 31.2 Å². The van der Waals surface area contributed by atoms with E-state index < -0.39 is 0 Å². The molecule has 0 spiro atoms. The minimum absolute atomic E-state index is 0.425. The van der Waals surface area contributed by atoms with Crippen LogP contribution in [0, 0.1) is 6.92 Å². The van der Waals surface area contributed by atoms with Crippen molar-refractivity contribution in [1.29, 1.82) is 0 Å². The Morgan fingerprint density at radius 1 is 1.50 bits per heavy atom. The van der Waals surface area contributed by atoms with E-state index >= 15 is 0 Å². The van der Waals surface area contributed by atoms with Crippen LogP contribution >= 0.6 is 15.9 Å². The molecule has 1 aromatic rings. The molecule has 3 heteroatoms.